The van der Waals surface area contributed by atoms with Crippen molar-refractivity contribution in [2.24, 2.45) is 5.73 Å². The first-order valence-corrected chi connectivity index (χ1v) is 5.87. The first kappa shape index (κ1) is 9.87. The van der Waals surface area contributed by atoms with Crippen LogP contribution in [0.3, 0.4) is 0 Å². The van der Waals surface area contributed by atoms with E-state index in [2.05, 4.69) is 35.1 Å². The van der Waals surface area contributed by atoms with Crippen LogP contribution in [0.4, 0.5) is 0 Å². The van der Waals surface area contributed by atoms with Gasteiger partial charge in [-0.05, 0) is 35.7 Å². The Labute approximate surface area is 95.2 Å². The number of benzene rings is 1. The van der Waals surface area contributed by atoms with Crippen molar-refractivity contribution < 1.29 is 0 Å². The minimum atomic E-state index is 0.621. The highest BCUT2D eigenvalue weighted by molar-refractivity contribution is 5.85. The Hall–Kier alpha value is -1.32. The fourth-order valence-corrected chi connectivity index (χ4v) is 2.58. The molecule has 0 saturated carbocycles. The summed E-state index contributed by atoms with van der Waals surface area (Å²) >= 11 is 0. The molecule has 1 aromatic carbocycles. The molecule has 1 aliphatic heterocycles. The first-order valence-electron chi connectivity index (χ1n) is 5.87. The highest BCUT2D eigenvalue weighted by Gasteiger charge is 2.14. The third-order valence-corrected chi connectivity index (χ3v) is 3.48. The van der Waals surface area contributed by atoms with Crippen LogP contribution < -0.4 is 11.1 Å². The Morgan fingerprint density at radius 3 is 2.75 bits per heavy atom. The second kappa shape index (κ2) is 3.61. The topological polar surface area (TPSA) is 43.0 Å². The zero-order valence-electron chi connectivity index (χ0n) is 9.59. The van der Waals surface area contributed by atoms with E-state index in [4.69, 9.17) is 5.73 Å². The van der Waals surface area contributed by atoms with Crippen LogP contribution >= 0.6 is 0 Å². The molecular formula is C13H17N3. The zero-order chi connectivity index (χ0) is 11.1. The maximum atomic E-state index is 5.80. The number of aromatic nitrogens is 1. The molecule has 3 rings (SSSR count). The predicted octanol–water partition coefficient (Wildman–Crippen LogP) is 1.72. The van der Waals surface area contributed by atoms with Gasteiger partial charge in [-0.3, -0.25) is 0 Å². The molecule has 1 aliphatic rings. The molecule has 2 aromatic rings. The minimum Gasteiger partial charge on any atom is -0.347 e. The van der Waals surface area contributed by atoms with Crippen LogP contribution in [0.5, 0.6) is 0 Å². The average Bonchev–Trinajstić information content (AvgIpc) is 2.88. The second-order valence-electron chi connectivity index (χ2n) is 4.39. The molecule has 0 aliphatic carbocycles. The van der Waals surface area contributed by atoms with Crippen LogP contribution in [-0.2, 0) is 26.2 Å². The molecule has 0 bridgehead atoms. The lowest BCUT2D eigenvalue weighted by Gasteiger charge is -2.03. The van der Waals surface area contributed by atoms with Gasteiger partial charge in [0.2, 0.25) is 0 Å². The van der Waals surface area contributed by atoms with Gasteiger partial charge in [-0.15, -0.1) is 0 Å². The molecule has 3 N–H and O–H groups in total. The van der Waals surface area contributed by atoms with Gasteiger partial charge in [-0.25, -0.2) is 0 Å². The molecule has 0 spiro atoms. The number of hydrogen-bond donors (Lipinski definition) is 2. The molecule has 3 heteroatoms. The van der Waals surface area contributed by atoms with Crippen LogP contribution in [0, 0.1) is 0 Å². The number of aryl methyl sites for hydroxylation is 1. The summed E-state index contributed by atoms with van der Waals surface area (Å²) in [7, 11) is 0. The van der Waals surface area contributed by atoms with E-state index in [1.807, 2.05) is 0 Å². The Bertz CT molecular complexity index is 494. The number of nitrogens with two attached hydrogens (primary N) is 1. The summed E-state index contributed by atoms with van der Waals surface area (Å²) in [5, 5.41) is 4.71. The maximum Gasteiger partial charge on any atom is 0.0487 e. The summed E-state index contributed by atoms with van der Waals surface area (Å²) in [5.74, 6) is 0. The number of nitrogens with zero attached hydrogens (tertiary/aromatic N) is 1. The van der Waals surface area contributed by atoms with Crippen molar-refractivity contribution in [1.82, 2.24) is 9.88 Å². The number of rotatable bonds is 2. The molecule has 0 amide bonds. The van der Waals surface area contributed by atoms with Gasteiger partial charge in [0.1, 0.15) is 0 Å². The third-order valence-electron chi connectivity index (χ3n) is 3.48. The summed E-state index contributed by atoms with van der Waals surface area (Å²) in [5.41, 5.74) is 11.2. The highest BCUT2D eigenvalue weighted by Crippen LogP contribution is 2.27. The predicted molar refractivity (Wildman–Crippen MR) is 66.0 cm³/mol. The van der Waals surface area contributed by atoms with E-state index in [-0.39, 0.29) is 0 Å². The number of hydrogen-bond acceptors (Lipinski definition) is 2. The number of fused-ring (bicyclic) bond motifs is 2. The van der Waals surface area contributed by atoms with Crippen molar-refractivity contribution in [3.8, 4) is 0 Å². The van der Waals surface area contributed by atoms with Gasteiger partial charge in [0.15, 0.2) is 0 Å². The fraction of sp³-hybridized carbons (Fsp3) is 0.385. The van der Waals surface area contributed by atoms with E-state index < -0.39 is 0 Å². The Balaban J connectivity index is 2.31. The monoisotopic (exact) mass is 215 g/mol. The van der Waals surface area contributed by atoms with Crippen LogP contribution in [0.2, 0.25) is 0 Å². The lowest BCUT2D eigenvalue weighted by molar-refractivity contribution is 0.764. The van der Waals surface area contributed by atoms with Gasteiger partial charge in [0.25, 0.3) is 0 Å². The highest BCUT2D eigenvalue weighted by atomic mass is 15.0. The van der Waals surface area contributed by atoms with Crippen LogP contribution in [0.25, 0.3) is 10.9 Å². The molecule has 0 fully saturated rings. The van der Waals surface area contributed by atoms with Gasteiger partial charge < -0.3 is 15.6 Å². The normalized spacial score (nSPS) is 14.6. The lowest BCUT2D eigenvalue weighted by Crippen LogP contribution is -2.00. The SMILES string of the molecule is CCn1cc(CN)c2cc3c(cc21)CNC3. The average molecular weight is 215 g/mol. The van der Waals surface area contributed by atoms with Crippen molar-refractivity contribution in [3.63, 3.8) is 0 Å². The molecule has 84 valence electrons. The van der Waals surface area contributed by atoms with E-state index in [0.29, 0.717) is 6.54 Å². The van der Waals surface area contributed by atoms with Crippen LogP contribution in [-0.4, -0.2) is 4.57 Å². The van der Waals surface area contributed by atoms with Crippen molar-refractivity contribution in [1.29, 1.82) is 0 Å². The summed E-state index contributed by atoms with van der Waals surface area (Å²) in [6.45, 7) is 5.79. The van der Waals surface area contributed by atoms with E-state index in [9.17, 15) is 0 Å². The minimum absolute atomic E-state index is 0.621. The van der Waals surface area contributed by atoms with Crippen molar-refractivity contribution >= 4 is 10.9 Å². The van der Waals surface area contributed by atoms with Crippen LogP contribution in [0.1, 0.15) is 23.6 Å². The van der Waals surface area contributed by atoms with Gasteiger partial charge in [-0.1, -0.05) is 0 Å². The van der Waals surface area contributed by atoms with E-state index in [1.165, 1.54) is 27.6 Å². The van der Waals surface area contributed by atoms with E-state index in [0.717, 1.165) is 19.6 Å². The van der Waals surface area contributed by atoms with E-state index >= 15 is 0 Å². The maximum absolute atomic E-state index is 5.80. The summed E-state index contributed by atoms with van der Waals surface area (Å²) in [4.78, 5) is 0. The van der Waals surface area contributed by atoms with Gasteiger partial charge in [-0.2, -0.15) is 0 Å². The molecule has 1 aromatic heterocycles. The molecule has 0 saturated heterocycles. The molecule has 3 nitrogen and oxygen atoms in total. The van der Waals surface area contributed by atoms with Gasteiger partial charge in [0, 0.05) is 43.3 Å². The second-order valence-corrected chi connectivity index (χ2v) is 4.39. The molecule has 0 atom stereocenters. The first-order chi connectivity index (χ1) is 7.83. The number of nitrogens with one attached hydrogen (secondary N) is 1. The standard InChI is InChI=1S/C13H17N3/c1-2-16-8-11(5-14)12-3-9-6-15-7-10(9)4-13(12)16/h3-4,8,15H,2,5-7,14H2,1H3. The quantitative estimate of drug-likeness (QED) is 0.801. The molecule has 0 unspecified atom stereocenters. The smallest absolute Gasteiger partial charge is 0.0487 e. The van der Waals surface area contributed by atoms with Crippen molar-refractivity contribution in [2.75, 3.05) is 0 Å². The summed E-state index contributed by atoms with van der Waals surface area (Å²) in [6.07, 6.45) is 2.19. The largest absolute Gasteiger partial charge is 0.347 e. The fourth-order valence-electron chi connectivity index (χ4n) is 2.58. The molecule has 16 heavy (non-hydrogen) atoms. The van der Waals surface area contributed by atoms with Gasteiger partial charge in [0.05, 0.1) is 0 Å². The van der Waals surface area contributed by atoms with Crippen molar-refractivity contribution in [3.05, 3.63) is 35.0 Å². The third kappa shape index (κ3) is 1.29. The lowest BCUT2D eigenvalue weighted by atomic mass is 10.1. The Kier molecular flexibility index (Phi) is 2.23. The van der Waals surface area contributed by atoms with Crippen LogP contribution in [0.15, 0.2) is 18.3 Å². The molecular weight excluding hydrogens is 198 g/mol. The zero-order valence-corrected chi connectivity index (χ0v) is 9.59. The Morgan fingerprint density at radius 1 is 1.31 bits per heavy atom. The van der Waals surface area contributed by atoms with Crippen molar-refractivity contribution in [2.45, 2.75) is 33.1 Å². The summed E-state index contributed by atoms with van der Waals surface area (Å²) < 4.78 is 2.29. The Morgan fingerprint density at radius 2 is 2.06 bits per heavy atom. The molecule has 2 heterocycles. The molecule has 0 radical (unpaired) electrons. The van der Waals surface area contributed by atoms with Gasteiger partial charge >= 0.3 is 0 Å². The van der Waals surface area contributed by atoms with E-state index in [1.54, 1.807) is 0 Å². The summed E-state index contributed by atoms with van der Waals surface area (Å²) in [6, 6.07) is 4.62.